The molecule has 0 radical (unpaired) electrons. The maximum Gasteiger partial charge on any atom is 0.251 e. The van der Waals surface area contributed by atoms with Gasteiger partial charge in [0, 0.05) is 24.4 Å². The normalized spacial score (nSPS) is 11.8. The zero-order valence-corrected chi connectivity index (χ0v) is 14.2. The van der Waals surface area contributed by atoms with Crippen molar-refractivity contribution in [2.75, 3.05) is 6.54 Å². The number of nitrogens with zero attached hydrogens (tertiary/aromatic N) is 1. The first kappa shape index (κ1) is 17.9. The molecule has 1 unspecified atom stereocenters. The van der Waals surface area contributed by atoms with Crippen LogP contribution in [0.5, 0.6) is 5.88 Å². The van der Waals surface area contributed by atoms with E-state index in [2.05, 4.69) is 10.3 Å². The molecule has 1 aromatic heterocycles. The van der Waals surface area contributed by atoms with Crippen molar-refractivity contribution in [2.45, 2.75) is 39.4 Å². The van der Waals surface area contributed by atoms with E-state index in [9.17, 15) is 4.79 Å². The number of carbonyl (C=O) groups is 1. The number of hydrogen-bond donors (Lipinski definition) is 2. The van der Waals surface area contributed by atoms with E-state index in [0.29, 0.717) is 18.0 Å². The van der Waals surface area contributed by atoms with E-state index in [0.717, 1.165) is 24.0 Å². The monoisotopic (exact) mass is 328 g/mol. The number of aliphatic hydroxyl groups is 1. The Kier molecular flexibility index (Phi) is 6.75. The smallest absolute Gasteiger partial charge is 0.251 e. The maximum absolute atomic E-state index is 12.2. The molecule has 2 rings (SSSR count). The van der Waals surface area contributed by atoms with E-state index >= 15 is 0 Å². The molecule has 5 nitrogen and oxygen atoms in total. The molecule has 24 heavy (non-hydrogen) atoms. The predicted molar refractivity (Wildman–Crippen MR) is 93.0 cm³/mol. The van der Waals surface area contributed by atoms with Gasteiger partial charge in [-0.1, -0.05) is 31.2 Å². The molecule has 2 aromatic rings. The lowest BCUT2D eigenvalue weighted by atomic mass is 10.1. The molecule has 0 spiro atoms. The molecule has 1 atom stereocenters. The lowest BCUT2D eigenvalue weighted by molar-refractivity contribution is 0.0953. The highest BCUT2D eigenvalue weighted by Crippen LogP contribution is 2.12. The van der Waals surface area contributed by atoms with Crippen molar-refractivity contribution in [3.05, 3.63) is 59.3 Å². The third-order valence-corrected chi connectivity index (χ3v) is 3.80. The second-order valence-electron chi connectivity index (χ2n) is 5.70. The zero-order chi connectivity index (χ0) is 17.4. The largest absolute Gasteiger partial charge is 0.475 e. The van der Waals surface area contributed by atoms with Crippen LogP contribution in [0.25, 0.3) is 0 Å². The number of hydrogen-bond acceptors (Lipinski definition) is 4. The van der Waals surface area contributed by atoms with Crippen molar-refractivity contribution in [1.82, 2.24) is 10.3 Å². The molecule has 0 saturated heterocycles. The summed E-state index contributed by atoms with van der Waals surface area (Å²) in [4.78, 5) is 16.3. The summed E-state index contributed by atoms with van der Waals surface area (Å²) in [5.41, 5.74) is 2.54. The highest BCUT2D eigenvalue weighted by atomic mass is 16.5. The highest BCUT2D eigenvalue weighted by molar-refractivity contribution is 5.94. The van der Waals surface area contributed by atoms with Gasteiger partial charge in [-0.2, -0.15) is 0 Å². The summed E-state index contributed by atoms with van der Waals surface area (Å²) in [6.07, 6.45) is 3.27. The van der Waals surface area contributed by atoms with Crippen LogP contribution in [0.3, 0.4) is 0 Å². The third kappa shape index (κ3) is 5.35. The van der Waals surface area contributed by atoms with Gasteiger partial charge < -0.3 is 15.2 Å². The molecule has 0 fully saturated rings. The van der Waals surface area contributed by atoms with Crippen LogP contribution in [-0.2, 0) is 13.0 Å². The fraction of sp³-hybridized carbons (Fsp3) is 0.368. The number of nitrogens with one attached hydrogen (secondary N) is 1. The van der Waals surface area contributed by atoms with E-state index in [1.54, 1.807) is 18.3 Å². The summed E-state index contributed by atoms with van der Waals surface area (Å²) in [6, 6.07) is 11.0. The lowest BCUT2D eigenvalue weighted by Crippen LogP contribution is -2.25. The number of ether oxygens (including phenoxy) is 1. The number of benzene rings is 1. The molecule has 2 N–H and O–H groups in total. The molecule has 128 valence electrons. The minimum absolute atomic E-state index is 0.0418. The van der Waals surface area contributed by atoms with Gasteiger partial charge in [0.15, 0.2) is 0 Å². The van der Waals surface area contributed by atoms with Gasteiger partial charge in [-0.15, -0.1) is 0 Å². The van der Waals surface area contributed by atoms with Gasteiger partial charge in [0.2, 0.25) is 5.88 Å². The molecular formula is C19H24N2O3. The van der Waals surface area contributed by atoms with Gasteiger partial charge in [-0.25, -0.2) is 4.98 Å². The van der Waals surface area contributed by atoms with Crippen LogP contribution < -0.4 is 10.1 Å². The number of aromatic nitrogens is 1. The number of aliphatic hydroxyl groups excluding tert-OH is 1. The Morgan fingerprint density at radius 3 is 2.62 bits per heavy atom. The van der Waals surface area contributed by atoms with Crippen molar-refractivity contribution in [3.8, 4) is 5.88 Å². The second kappa shape index (κ2) is 9.03. The van der Waals surface area contributed by atoms with Crippen molar-refractivity contribution in [2.24, 2.45) is 0 Å². The van der Waals surface area contributed by atoms with Crippen LogP contribution >= 0.6 is 0 Å². The summed E-state index contributed by atoms with van der Waals surface area (Å²) in [6.45, 7) is 4.59. The summed E-state index contributed by atoms with van der Waals surface area (Å²) in [5.74, 6) is 0.329. The number of pyridine rings is 1. The average Bonchev–Trinajstić information content (AvgIpc) is 2.62. The van der Waals surface area contributed by atoms with Crippen molar-refractivity contribution in [3.63, 3.8) is 0 Å². The third-order valence-electron chi connectivity index (χ3n) is 3.80. The number of rotatable bonds is 8. The minimum Gasteiger partial charge on any atom is -0.475 e. The average molecular weight is 328 g/mol. The lowest BCUT2D eigenvalue weighted by Gasteiger charge is -2.12. The van der Waals surface area contributed by atoms with Gasteiger partial charge in [-0.05, 0) is 37.0 Å². The molecule has 1 amide bonds. The van der Waals surface area contributed by atoms with Crippen LogP contribution in [-0.4, -0.2) is 28.6 Å². The van der Waals surface area contributed by atoms with Gasteiger partial charge in [0.25, 0.3) is 5.91 Å². The number of carbonyl (C=O) groups excluding carboxylic acids is 1. The topological polar surface area (TPSA) is 71.5 Å². The van der Waals surface area contributed by atoms with Crippen LogP contribution in [0.4, 0.5) is 0 Å². The Morgan fingerprint density at radius 2 is 1.96 bits per heavy atom. The summed E-state index contributed by atoms with van der Waals surface area (Å²) in [5, 5.41) is 11.9. The molecule has 1 heterocycles. The van der Waals surface area contributed by atoms with E-state index in [-0.39, 0.29) is 18.6 Å². The Labute approximate surface area is 142 Å². The standard InChI is InChI=1S/C19H24N2O3/c1-3-14(2)24-18-12-17(9-11-20-18)19(23)21-10-8-15-4-6-16(13-22)7-5-15/h4-7,9,11-12,14,22H,3,8,10,13H2,1-2H3,(H,21,23). The molecule has 0 aliphatic carbocycles. The van der Waals surface area contributed by atoms with Crippen LogP contribution in [0.1, 0.15) is 41.8 Å². The van der Waals surface area contributed by atoms with E-state index in [4.69, 9.17) is 9.84 Å². The molecule has 0 saturated carbocycles. The van der Waals surface area contributed by atoms with E-state index < -0.39 is 0 Å². The first-order chi connectivity index (χ1) is 11.6. The van der Waals surface area contributed by atoms with Crippen molar-refractivity contribution >= 4 is 5.91 Å². The SMILES string of the molecule is CCC(C)Oc1cc(C(=O)NCCc2ccc(CO)cc2)ccn1. The summed E-state index contributed by atoms with van der Waals surface area (Å²) in [7, 11) is 0. The number of amides is 1. The molecule has 0 bridgehead atoms. The van der Waals surface area contributed by atoms with Crippen LogP contribution in [0, 0.1) is 0 Å². The quantitative estimate of drug-likeness (QED) is 0.781. The fourth-order valence-corrected chi connectivity index (χ4v) is 2.14. The highest BCUT2D eigenvalue weighted by Gasteiger charge is 2.09. The maximum atomic E-state index is 12.2. The van der Waals surface area contributed by atoms with Gasteiger partial charge in [0.05, 0.1) is 12.7 Å². The molecular weight excluding hydrogens is 304 g/mol. The fourth-order valence-electron chi connectivity index (χ4n) is 2.14. The Hall–Kier alpha value is -2.40. The Morgan fingerprint density at radius 1 is 1.25 bits per heavy atom. The molecule has 5 heteroatoms. The predicted octanol–water partition coefficient (Wildman–Crippen LogP) is 2.72. The molecule has 0 aliphatic rings. The first-order valence-electron chi connectivity index (χ1n) is 8.22. The Bertz CT molecular complexity index is 656. The molecule has 0 aliphatic heterocycles. The summed E-state index contributed by atoms with van der Waals surface area (Å²) >= 11 is 0. The first-order valence-corrected chi connectivity index (χ1v) is 8.22. The van der Waals surface area contributed by atoms with Gasteiger partial charge in [-0.3, -0.25) is 4.79 Å². The summed E-state index contributed by atoms with van der Waals surface area (Å²) < 4.78 is 5.64. The van der Waals surface area contributed by atoms with Crippen LogP contribution in [0.2, 0.25) is 0 Å². The van der Waals surface area contributed by atoms with E-state index in [1.165, 1.54) is 0 Å². The van der Waals surface area contributed by atoms with Gasteiger partial charge >= 0.3 is 0 Å². The van der Waals surface area contributed by atoms with Crippen molar-refractivity contribution in [1.29, 1.82) is 0 Å². The minimum atomic E-state index is -0.140. The van der Waals surface area contributed by atoms with Gasteiger partial charge in [0.1, 0.15) is 0 Å². The van der Waals surface area contributed by atoms with Crippen molar-refractivity contribution < 1.29 is 14.6 Å². The van der Waals surface area contributed by atoms with E-state index in [1.807, 2.05) is 38.1 Å². The van der Waals surface area contributed by atoms with Crippen LogP contribution in [0.15, 0.2) is 42.6 Å². The molecule has 1 aromatic carbocycles. The zero-order valence-electron chi connectivity index (χ0n) is 14.2. The second-order valence-corrected chi connectivity index (χ2v) is 5.70. The Balaban J connectivity index is 1.86.